The van der Waals surface area contributed by atoms with Crippen LogP contribution >= 0.6 is 0 Å². The quantitative estimate of drug-likeness (QED) is 0.142. The zero-order chi connectivity index (χ0) is 86.1. The van der Waals surface area contributed by atoms with Gasteiger partial charge in [0.2, 0.25) is 0 Å². The summed E-state index contributed by atoms with van der Waals surface area (Å²) in [5, 5.41) is 35.5. The lowest BCUT2D eigenvalue weighted by Crippen LogP contribution is -2.01. The molecule has 0 fully saturated rings. The molecule has 0 unspecified atom stereocenters. The highest BCUT2D eigenvalue weighted by atomic mass is 15.0. The summed E-state index contributed by atoms with van der Waals surface area (Å²) in [7, 11) is 0. The number of rotatable bonds is 8. The van der Waals surface area contributed by atoms with Crippen molar-refractivity contribution in [3.05, 3.63) is 461 Å². The zero-order valence-corrected chi connectivity index (χ0v) is 71.0. The van der Waals surface area contributed by atoms with Crippen LogP contribution in [0.3, 0.4) is 0 Å². The van der Waals surface area contributed by atoms with Crippen molar-refractivity contribution >= 4 is 184 Å². The molecule has 0 atom stereocenters. The average Bonchev–Trinajstić information content (AvgIpc) is 1.58. The van der Waals surface area contributed by atoms with Gasteiger partial charge in [-0.2, -0.15) is 0 Å². The van der Waals surface area contributed by atoms with Crippen LogP contribution in [0.25, 0.3) is 258 Å². The monoisotopic (exact) mass is 1660 g/mol. The number of hydrogen-bond acceptors (Lipinski definition) is 5. The lowest BCUT2D eigenvalue weighted by molar-refractivity contribution is 1.07. The summed E-state index contributed by atoms with van der Waals surface area (Å²) in [6, 6.07) is 161. The summed E-state index contributed by atoms with van der Waals surface area (Å²) in [5.74, 6) is 1.94. The predicted molar refractivity (Wildman–Crippen MR) is 551 cm³/mol. The summed E-state index contributed by atoms with van der Waals surface area (Å²) in [6.07, 6.45) is 3.73. The smallest absolute Gasteiger partial charge is 0.164 e. The molecule has 0 aliphatic heterocycles. The van der Waals surface area contributed by atoms with Crippen LogP contribution in [0.4, 0.5) is 0 Å². The van der Waals surface area contributed by atoms with Crippen LogP contribution in [0, 0.1) is 0 Å². The minimum atomic E-state index is 0.637. The van der Waals surface area contributed by atoms with Crippen molar-refractivity contribution in [2.45, 2.75) is 0 Å². The van der Waals surface area contributed by atoms with Gasteiger partial charge in [0.25, 0.3) is 0 Å². The highest BCUT2D eigenvalue weighted by Gasteiger charge is 2.25. The molecule has 6 aromatic heterocycles. The van der Waals surface area contributed by atoms with E-state index in [1.807, 2.05) is 85.2 Å². The fraction of sp³-hybridized carbons (Fsp3) is 0. The van der Waals surface area contributed by atoms with Crippen LogP contribution < -0.4 is 0 Å². The molecule has 28 aromatic rings. The lowest BCUT2D eigenvalue weighted by atomic mass is 9.93. The average molecular weight is 1670 g/mol. The van der Waals surface area contributed by atoms with Crippen molar-refractivity contribution < 1.29 is 0 Å². The normalized spacial score (nSPS) is 11.8. The van der Waals surface area contributed by atoms with Crippen molar-refractivity contribution in [1.82, 2.24) is 38.6 Å². The summed E-state index contributed by atoms with van der Waals surface area (Å²) in [5.41, 5.74) is 17.7. The molecule has 0 spiro atoms. The Hall–Kier alpha value is -17.6. The van der Waals surface area contributed by atoms with E-state index in [-0.39, 0.29) is 0 Å². The molecule has 0 saturated heterocycles. The Morgan fingerprint density at radius 3 is 0.817 bits per heavy atom. The first-order valence-electron chi connectivity index (χ1n) is 44.7. The Labute approximate surface area is 752 Å². The number of nitrogens with zero attached hydrogens (tertiary/aromatic N) is 8. The number of aromatic nitrogens is 8. The van der Waals surface area contributed by atoms with E-state index in [0.29, 0.717) is 17.5 Å². The fourth-order valence-electron chi connectivity index (χ4n) is 21.1. The molecule has 608 valence electrons. The largest absolute Gasteiger partial charge is 0.309 e. The Kier molecular flexibility index (Phi) is 17.5. The van der Waals surface area contributed by atoms with Crippen molar-refractivity contribution in [3.63, 3.8) is 0 Å². The third-order valence-electron chi connectivity index (χ3n) is 26.8. The van der Waals surface area contributed by atoms with Gasteiger partial charge in [0.1, 0.15) is 0 Å². The Balaban J connectivity index is 0.000000104. The molecule has 6 heterocycles. The fourth-order valence-corrected chi connectivity index (χ4v) is 21.1. The van der Waals surface area contributed by atoms with Gasteiger partial charge in [0.15, 0.2) is 17.5 Å². The van der Waals surface area contributed by atoms with Gasteiger partial charge in [0.05, 0.1) is 55.9 Å². The molecule has 8 nitrogen and oxygen atoms in total. The van der Waals surface area contributed by atoms with Crippen LogP contribution in [0.5, 0.6) is 0 Å². The summed E-state index contributed by atoms with van der Waals surface area (Å²) >= 11 is 0. The van der Waals surface area contributed by atoms with E-state index in [2.05, 4.69) is 400 Å². The standard InChI is InChI=1S/C45H28N4.2C39H24N2/c1-3-14-29(15-4-1)43-46-44(30-16-5-2-6-17-30)48-45(47-43)31-18-13-19-32(26-31)49-41-25-12-11-24-37(41)40-27-38-35-22-9-7-20-33(35)34-21-8-10-23-36(34)39(38)28-42(40)49;1-3-13-27-25(11-1)26-12-2-4-14-28(26)34-24-39-35(23-33(27)34)32-15-5-6-20-37(32)41(39)38-21-10-16-29-30(17-9-18-31(29)38)36-19-7-8-22-40-36;1-3-13-27-25(11-1)26-12-2-4-14-28(26)34-24-39-35(23-33(27)34)32-17-7-8-19-37(32)41(39)38-21-20-30(36-18-9-10-22-40-36)29-15-5-6-16-31(29)38/h1-28H;2*1-24H. The maximum Gasteiger partial charge on any atom is 0.164 e. The summed E-state index contributed by atoms with van der Waals surface area (Å²) < 4.78 is 7.30. The van der Waals surface area contributed by atoms with E-state index >= 15 is 0 Å². The van der Waals surface area contributed by atoms with Crippen molar-refractivity contribution in [1.29, 1.82) is 0 Å². The maximum atomic E-state index is 5.02. The van der Waals surface area contributed by atoms with Gasteiger partial charge in [0, 0.05) is 89.0 Å². The van der Waals surface area contributed by atoms with Crippen LogP contribution in [-0.2, 0) is 0 Å². The van der Waals surface area contributed by atoms with Gasteiger partial charge in [-0.25, -0.2) is 15.0 Å². The van der Waals surface area contributed by atoms with E-state index < -0.39 is 0 Å². The molecular weight excluding hydrogens is 1590 g/mol. The third-order valence-corrected chi connectivity index (χ3v) is 26.8. The molecule has 28 rings (SSSR count). The number of benzene rings is 22. The molecule has 131 heavy (non-hydrogen) atoms. The molecule has 0 radical (unpaired) electrons. The lowest BCUT2D eigenvalue weighted by Gasteiger charge is -2.15. The topological polar surface area (TPSA) is 79.2 Å². The molecule has 22 aromatic carbocycles. The van der Waals surface area contributed by atoms with Gasteiger partial charge in [-0.05, 0) is 211 Å². The Morgan fingerprint density at radius 2 is 0.420 bits per heavy atom. The second kappa shape index (κ2) is 30.6. The number of pyridine rings is 2. The highest BCUT2D eigenvalue weighted by Crippen LogP contribution is 2.48. The zero-order valence-electron chi connectivity index (χ0n) is 71.0. The van der Waals surface area contributed by atoms with Crippen LogP contribution in [0.1, 0.15) is 0 Å². The van der Waals surface area contributed by atoms with Crippen LogP contribution in [-0.4, -0.2) is 38.6 Å². The highest BCUT2D eigenvalue weighted by molar-refractivity contribution is 6.32. The molecule has 0 amide bonds. The predicted octanol–water partition coefficient (Wildman–Crippen LogP) is 32.3. The van der Waals surface area contributed by atoms with Gasteiger partial charge < -0.3 is 13.7 Å². The summed E-state index contributed by atoms with van der Waals surface area (Å²) in [6.45, 7) is 0. The summed E-state index contributed by atoms with van der Waals surface area (Å²) in [4.78, 5) is 24.3. The first kappa shape index (κ1) is 74.8. The SMILES string of the molecule is c1ccc(-c2ccc(-n3c4ccccc4c4cc5c6ccccc6c6ccccc6c5cc43)c3ccccc23)nc1.c1ccc(-c2cccc3c(-n4c5ccccc5c5cc6c7ccccc7c7ccccc7c6cc54)cccc23)nc1.c1ccc(-c2nc(-c3ccccc3)nc(-c3cccc(-n4c5ccccc5c5cc6c7ccccc7c7ccccc7c6cc54)c3)n2)cc1. The Bertz CT molecular complexity index is 9190. The molecule has 0 N–H and O–H groups in total. The molecule has 0 bridgehead atoms. The second-order valence-electron chi connectivity index (χ2n) is 34.0. The van der Waals surface area contributed by atoms with E-state index in [4.69, 9.17) is 15.0 Å². The van der Waals surface area contributed by atoms with E-state index in [9.17, 15) is 0 Å². The third kappa shape index (κ3) is 12.2. The van der Waals surface area contributed by atoms with E-state index in [1.54, 1.807) is 0 Å². The number of fused-ring (bicyclic) bond motifs is 29. The van der Waals surface area contributed by atoms with Gasteiger partial charge >= 0.3 is 0 Å². The van der Waals surface area contributed by atoms with E-state index in [0.717, 1.165) is 55.9 Å². The van der Waals surface area contributed by atoms with Gasteiger partial charge in [-0.1, -0.05) is 346 Å². The Morgan fingerprint density at radius 1 is 0.145 bits per heavy atom. The minimum Gasteiger partial charge on any atom is -0.309 e. The van der Waals surface area contributed by atoms with Gasteiger partial charge in [-0.3, -0.25) is 9.97 Å². The minimum absolute atomic E-state index is 0.637. The number of para-hydroxylation sites is 3. The maximum absolute atomic E-state index is 5.02. The van der Waals surface area contributed by atoms with Gasteiger partial charge in [-0.15, -0.1) is 0 Å². The van der Waals surface area contributed by atoms with E-state index in [1.165, 1.54) is 184 Å². The van der Waals surface area contributed by atoms with Crippen molar-refractivity contribution in [2.24, 2.45) is 0 Å². The first-order chi connectivity index (χ1) is 65.0. The molecule has 8 heteroatoms. The first-order valence-corrected chi connectivity index (χ1v) is 44.7. The molecule has 0 aliphatic rings. The van der Waals surface area contributed by atoms with Crippen LogP contribution in [0.15, 0.2) is 461 Å². The van der Waals surface area contributed by atoms with Crippen molar-refractivity contribution in [2.75, 3.05) is 0 Å². The molecule has 0 saturated carbocycles. The molecule has 0 aliphatic carbocycles. The number of hydrogen-bond donors (Lipinski definition) is 0. The van der Waals surface area contributed by atoms with Crippen molar-refractivity contribution in [3.8, 4) is 73.7 Å². The molecular formula is C123H76N8. The van der Waals surface area contributed by atoms with Crippen LogP contribution in [0.2, 0.25) is 0 Å². The second-order valence-corrected chi connectivity index (χ2v) is 34.0.